The van der Waals surface area contributed by atoms with E-state index in [0.29, 0.717) is 0 Å². The quantitative estimate of drug-likeness (QED) is 0.166. The third kappa shape index (κ3) is 5.23. The zero-order valence-electron chi connectivity index (χ0n) is 30.1. The van der Waals surface area contributed by atoms with Gasteiger partial charge in [0, 0.05) is 36.6 Å². The molecule has 1 atom stereocenters. The average molecular weight is 721 g/mol. The van der Waals surface area contributed by atoms with Crippen molar-refractivity contribution in [1.29, 1.82) is 0 Å². The van der Waals surface area contributed by atoms with E-state index in [1.807, 2.05) is 11.3 Å². The van der Waals surface area contributed by atoms with Crippen LogP contribution in [-0.2, 0) is 0 Å². The lowest BCUT2D eigenvalue weighted by Gasteiger charge is -2.34. The SMILES string of the molecule is C1=CC(N(c2cccc3sc4c5ccccc5ccc4c23)c2cccc3c2c2ccccc2n3-c2ccccc2)CC=C1c1cccc(-c2ccccc2)c1. The normalized spacial score (nSPS) is 14.3. The number of para-hydroxylation sites is 2. The van der Waals surface area contributed by atoms with Crippen molar-refractivity contribution in [3.8, 4) is 16.8 Å². The summed E-state index contributed by atoms with van der Waals surface area (Å²) in [5.41, 5.74) is 11.0. The van der Waals surface area contributed by atoms with Crippen LogP contribution in [0.2, 0.25) is 0 Å². The first-order valence-electron chi connectivity index (χ1n) is 19.0. The van der Waals surface area contributed by atoms with Gasteiger partial charge in [-0.1, -0.05) is 152 Å². The second-order valence-corrected chi connectivity index (χ2v) is 15.5. The van der Waals surface area contributed by atoms with E-state index in [4.69, 9.17) is 0 Å². The predicted octanol–water partition coefficient (Wildman–Crippen LogP) is 14.5. The van der Waals surface area contributed by atoms with Crippen LogP contribution in [0.15, 0.2) is 200 Å². The highest BCUT2D eigenvalue weighted by Gasteiger charge is 2.27. The van der Waals surface area contributed by atoms with Gasteiger partial charge in [0.2, 0.25) is 0 Å². The van der Waals surface area contributed by atoms with Gasteiger partial charge in [-0.2, -0.15) is 0 Å². The fraction of sp³-hybridized carbons (Fsp3) is 0.0385. The number of benzene rings is 8. The summed E-state index contributed by atoms with van der Waals surface area (Å²) in [6.07, 6.45) is 8.09. The fourth-order valence-electron chi connectivity index (χ4n) is 8.80. The molecule has 55 heavy (non-hydrogen) atoms. The number of aromatic nitrogens is 1. The Labute approximate surface area is 324 Å². The van der Waals surface area contributed by atoms with Crippen LogP contribution < -0.4 is 4.90 Å². The van der Waals surface area contributed by atoms with Crippen molar-refractivity contribution < 1.29 is 0 Å². The predicted molar refractivity (Wildman–Crippen MR) is 237 cm³/mol. The molecule has 0 N–H and O–H groups in total. The minimum absolute atomic E-state index is 0.0894. The molecule has 0 bridgehead atoms. The van der Waals surface area contributed by atoms with Crippen LogP contribution in [0.5, 0.6) is 0 Å². The molecule has 2 heterocycles. The molecular formula is C52H36N2S. The van der Waals surface area contributed by atoms with E-state index in [0.717, 1.165) is 12.1 Å². The molecular weight excluding hydrogens is 685 g/mol. The van der Waals surface area contributed by atoms with Gasteiger partial charge < -0.3 is 9.47 Å². The Morgan fingerprint density at radius 2 is 1.18 bits per heavy atom. The summed E-state index contributed by atoms with van der Waals surface area (Å²) in [6.45, 7) is 0. The van der Waals surface area contributed by atoms with Crippen molar-refractivity contribution in [2.45, 2.75) is 12.5 Å². The van der Waals surface area contributed by atoms with Gasteiger partial charge in [-0.05, 0) is 88.0 Å². The Balaban J connectivity index is 1.13. The van der Waals surface area contributed by atoms with E-state index in [9.17, 15) is 0 Å². The fourth-order valence-corrected chi connectivity index (χ4v) is 10.1. The Morgan fingerprint density at radius 1 is 0.509 bits per heavy atom. The Bertz CT molecular complexity index is 3130. The number of hydrogen-bond donors (Lipinski definition) is 0. The smallest absolute Gasteiger partial charge is 0.0562 e. The average Bonchev–Trinajstić information content (AvgIpc) is 3.82. The van der Waals surface area contributed by atoms with E-state index < -0.39 is 0 Å². The first kappa shape index (κ1) is 31.8. The molecule has 260 valence electrons. The number of hydrogen-bond acceptors (Lipinski definition) is 2. The topological polar surface area (TPSA) is 8.17 Å². The minimum atomic E-state index is 0.0894. The first-order valence-corrected chi connectivity index (χ1v) is 19.9. The van der Waals surface area contributed by atoms with Gasteiger partial charge in [0.25, 0.3) is 0 Å². The number of anilines is 2. The summed E-state index contributed by atoms with van der Waals surface area (Å²) in [7, 11) is 0. The lowest BCUT2D eigenvalue weighted by Crippen LogP contribution is -2.30. The number of fused-ring (bicyclic) bond motifs is 8. The molecule has 10 aromatic rings. The van der Waals surface area contributed by atoms with Crippen LogP contribution >= 0.6 is 11.3 Å². The molecule has 1 aliphatic rings. The van der Waals surface area contributed by atoms with Gasteiger partial charge in [0.05, 0.1) is 28.5 Å². The van der Waals surface area contributed by atoms with E-state index >= 15 is 0 Å². The Morgan fingerprint density at radius 3 is 2.02 bits per heavy atom. The number of allylic oxidation sites excluding steroid dienone is 2. The van der Waals surface area contributed by atoms with E-state index in [-0.39, 0.29) is 6.04 Å². The molecule has 0 spiro atoms. The minimum Gasteiger partial charge on any atom is -0.333 e. The number of thiophene rings is 1. The van der Waals surface area contributed by atoms with Crippen LogP contribution in [0.3, 0.4) is 0 Å². The van der Waals surface area contributed by atoms with Crippen molar-refractivity contribution in [2.24, 2.45) is 0 Å². The lowest BCUT2D eigenvalue weighted by atomic mass is 9.93. The summed E-state index contributed by atoms with van der Waals surface area (Å²) in [5, 5.41) is 7.74. The molecule has 0 radical (unpaired) electrons. The lowest BCUT2D eigenvalue weighted by molar-refractivity contribution is 0.792. The molecule has 0 fully saturated rings. The highest BCUT2D eigenvalue weighted by atomic mass is 32.1. The second-order valence-electron chi connectivity index (χ2n) is 14.4. The molecule has 1 unspecified atom stereocenters. The van der Waals surface area contributed by atoms with E-state index in [1.165, 1.54) is 86.4 Å². The largest absolute Gasteiger partial charge is 0.333 e. The van der Waals surface area contributed by atoms with Crippen LogP contribution in [0.4, 0.5) is 11.4 Å². The van der Waals surface area contributed by atoms with Crippen LogP contribution in [-0.4, -0.2) is 10.6 Å². The third-order valence-corrected chi connectivity index (χ3v) is 12.5. The Kier molecular flexibility index (Phi) is 7.53. The van der Waals surface area contributed by atoms with Crippen LogP contribution in [0.25, 0.3) is 75.1 Å². The van der Waals surface area contributed by atoms with E-state index in [1.54, 1.807) is 0 Å². The highest BCUT2D eigenvalue weighted by Crippen LogP contribution is 2.48. The second kappa shape index (κ2) is 13.0. The number of rotatable bonds is 6. The van der Waals surface area contributed by atoms with Gasteiger partial charge >= 0.3 is 0 Å². The summed E-state index contributed by atoms with van der Waals surface area (Å²) in [4.78, 5) is 2.64. The highest BCUT2D eigenvalue weighted by molar-refractivity contribution is 7.26. The molecule has 3 heteroatoms. The maximum atomic E-state index is 2.64. The zero-order chi connectivity index (χ0) is 36.3. The van der Waals surface area contributed by atoms with Crippen molar-refractivity contribution in [3.63, 3.8) is 0 Å². The summed E-state index contributed by atoms with van der Waals surface area (Å²) in [6, 6.07) is 66.5. The maximum Gasteiger partial charge on any atom is 0.0562 e. The molecule has 2 aromatic heterocycles. The summed E-state index contributed by atoms with van der Waals surface area (Å²) in [5.74, 6) is 0. The monoisotopic (exact) mass is 720 g/mol. The molecule has 1 aliphatic carbocycles. The van der Waals surface area contributed by atoms with Gasteiger partial charge in [0.15, 0.2) is 0 Å². The van der Waals surface area contributed by atoms with Crippen molar-refractivity contribution in [3.05, 3.63) is 206 Å². The van der Waals surface area contributed by atoms with Gasteiger partial charge in [-0.3, -0.25) is 0 Å². The van der Waals surface area contributed by atoms with Crippen LogP contribution in [0.1, 0.15) is 12.0 Å². The van der Waals surface area contributed by atoms with Crippen molar-refractivity contribution >= 4 is 81.0 Å². The molecule has 0 amide bonds. The Hall–Kier alpha value is -6.68. The number of nitrogens with zero attached hydrogens (tertiary/aromatic N) is 2. The standard InChI is InChI=1S/C52H36N2S/c1-3-14-35(15-4-1)38-17-11-18-39(34-38)36-28-31-41(32-29-36)54(48-26-13-27-49-51(48)44-33-30-37-16-7-8-21-42(37)52(44)55-49)47-25-12-24-46-50(47)43-22-9-10-23-45(43)53(46)40-19-5-2-6-20-40/h1-31,33-34,41H,32H2. The van der Waals surface area contributed by atoms with Gasteiger partial charge in [0.1, 0.15) is 0 Å². The molecule has 2 nitrogen and oxygen atoms in total. The van der Waals surface area contributed by atoms with Crippen molar-refractivity contribution in [1.82, 2.24) is 4.57 Å². The van der Waals surface area contributed by atoms with Crippen LogP contribution in [0, 0.1) is 0 Å². The van der Waals surface area contributed by atoms with Gasteiger partial charge in [-0.15, -0.1) is 11.3 Å². The van der Waals surface area contributed by atoms with E-state index in [2.05, 4.69) is 210 Å². The first-order chi connectivity index (χ1) is 27.3. The third-order valence-electron chi connectivity index (χ3n) is 11.3. The molecule has 0 saturated carbocycles. The molecule has 0 aliphatic heterocycles. The maximum absolute atomic E-state index is 2.64. The molecule has 8 aromatic carbocycles. The summed E-state index contributed by atoms with van der Waals surface area (Å²) >= 11 is 1.91. The molecule has 0 saturated heterocycles. The molecule has 11 rings (SSSR count). The van der Waals surface area contributed by atoms with Crippen molar-refractivity contribution in [2.75, 3.05) is 4.90 Å². The van der Waals surface area contributed by atoms with Gasteiger partial charge in [-0.25, -0.2) is 0 Å². The zero-order valence-corrected chi connectivity index (χ0v) is 31.0. The summed E-state index contributed by atoms with van der Waals surface area (Å²) < 4.78 is 5.08.